The highest BCUT2D eigenvalue weighted by molar-refractivity contribution is 6.36. The summed E-state index contributed by atoms with van der Waals surface area (Å²) in [7, 11) is 0. The Labute approximate surface area is 131 Å². The summed E-state index contributed by atoms with van der Waals surface area (Å²) in [4.78, 5) is 23.0. The zero-order chi connectivity index (χ0) is 15.7. The number of aliphatic carboxylic acids is 1. The topological polar surface area (TPSA) is 66.4 Å². The van der Waals surface area contributed by atoms with E-state index in [1.807, 2.05) is 0 Å². The van der Waals surface area contributed by atoms with Crippen LogP contribution in [-0.4, -0.2) is 17.0 Å². The van der Waals surface area contributed by atoms with Crippen molar-refractivity contribution in [3.05, 3.63) is 33.6 Å². The number of carboxylic acids is 1. The van der Waals surface area contributed by atoms with Gasteiger partial charge in [-0.25, -0.2) is 4.39 Å². The van der Waals surface area contributed by atoms with Crippen LogP contribution in [0.3, 0.4) is 0 Å². The molecule has 1 saturated carbocycles. The van der Waals surface area contributed by atoms with E-state index in [-0.39, 0.29) is 21.5 Å². The van der Waals surface area contributed by atoms with Crippen molar-refractivity contribution in [1.82, 2.24) is 5.32 Å². The predicted octanol–water partition coefficient (Wildman–Crippen LogP) is 3.42. The van der Waals surface area contributed by atoms with Crippen molar-refractivity contribution in [2.24, 2.45) is 11.8 Å². The van der Waals surface area contributed by atoms with Crippen LogP contribution in [-0.2, 0) is 9.59 Å². The third-order valence-electron chi connectivity index (χ3n) is 3.80. The molecule has 0 heterocycles. The second kappa shape index (κ2) is 6.20. The van der Waals surface area contributed by atoms with Crippen molar-refractivity contribution >= 4 is 35.1 Å². The zero-order valence-electron chi connectivity index (χ0n) is 11.2. The quantitative estimate of drug-likeness (QED) is 0.829. The smallest absolute Gasteiger partial charge is 0.307 e. The molecular formula is C14H14Cl2FNO3. The fourth-order valence-electron chi connectivity index (χ4n) is 2.44. The number of hydrogen-bond acceptors (Lipinski definition) is 2. The Morgan fingerprint density at radius 3 is 2.48 bits per heavy atom. The Balaban J connectivity index is 2.12. The number of benzene rings is 1. The summed E-state index contributed by atoms with van der Waals surface area (Å²) in [5, 5.41) is 11.7. The van der Waals surface area contributed by atoms with Gasteiger partial charge >= 0.3 is 5.97 Å². The molecule has 4 nitrogen and oxygen atoms in total. The number of carbonyl (C=O) groups is 2. The number of halogens is 3. The highest BCUT2D eigenvalue weighted by atomic mass is 35.5. The van der Waals surface area contributed by atoms with Gasteiger partial charge in [0, 0.05) is 10.6 Å². The fraction of sp³-hybridized carbons (Fsp3) is 0.429. The average molecular weight is 334 g/mol. The van der Waals surface area contributed by atoms with Crippen LogP contribution in [0.2, 0.25) is 10.0 Å². The molecule has 0 spiro atoms. The molecule has 1 aliphatic rings. The lowest BCUT2D eigenvalue weighted by Crippen LogP contribution is -2.44. The Kier molecular flexibility index (Phi) is 4.74. The minimum Gasteiger partial charge on any atom is -0.481 e. The lowest BCUT2D eigenvalue weighted by Gasteiger charge is -2.33. The maximum atomic E-state index is 13.5. The average Bonchev–Trinajstić information content (AvgIpc) is 2.32. The molecule has 1 aliphatic carbocycles. The number of carbonyl (C=O) groups excluding carboxylic acids is 1. The molecule has 0 bridgehead atoms. The molecule has 2 N–H and O–H groups in total. The van der Waals surface area contributed by atoms with Gasteiger partial charge in [-0.2, -0.15) is 0 Å². The van der Waals surface area contributed by atoms with Gasteiger partial charge in [0.15, 0.2) is 0 Å². The molecule has 0 radical (unpaired) electrons. The maximum Gasteiger partial charge on any atom is 0.307 e. The van der Waals surface area contributed by atoms with Crippen LogP contribution in [0.25, 0.3) is 0 Å². The molecule has 2 rings (SSSR count). The van der Waals surface area contributed by atoms with Gasteiger partial charge in [-0.1, -0.05) is 23.2 Å². The monoisotopic (exact) mass is 333 g/mol. The van der Waals surface area contributed by atoms with E-state index in [0.717, 1.165) is 6.07 Å². The summed E-state index contributed by atoms with van der Waals surface area (Å²) >= 11 is 11.9. The minimum atomic E-state index is -0.976. The van der Waals surface area contributed by atoms with Gasteiger partial charge in [-0.05, 0) is 31.9 Å². The standard InChI is InChI=1S/C14H14Cl2FNO3/c1-6(11-9(15)4-5-10(17)12(11)16)18-13(19)7-2-3-8(7)14(20)21/h4-8H,2-3H2,1H3,(H,18,19)(H,20,21). The van der Waals surface area contributed by atoms with E-state index in [9.17, 15) is 14.0 Å². The van der Waals surface area contributed by atoms with Crippen molar-refractivity contribution in [3.63, 3.8) is 0 Å². The SMILES string of the molecule is CC(NC(=O)C1CCC1C(=O)O)c1c(Cl)ccc(F)c1Cl. The van der Waals surface area contributed by atoms with Crippen LogP contribution in [0.15, 0.2) is 12.1 Å². The lowest BCUT2D eigenvalue weighted by atomic mass is 9.73. The minimum absolute atomic E-state index is 0.140. The van der Waals surface area contributed by atoms with Crippen LogP contribution in [0.5, 0.6) is 0 Å². The van der Waals surface area contributed by atoms with Gasteiger partial charge in [0.05, 0.1) is 22.9 Å². The highest BCUT2D eigenvalue weighted by Crippen LogP contribution is 2.36. The van der Waals surface area contributed by atoms with E-state index in [1.165, 1.54) is 6.07 Å². The largest absolute Gasteiger partial charge is 0.481 e. The number of carboxylic acid groups (broad SMARTS) is 1. The summed E-state index contributed by atoms with van der Waals surface area (Å²) in [5.74, 6) is -3.19. The second-order valence-electron chi connectivity index (χ2n) is 5.12. The molecule has 1 aromatic rings. The molecule has 0 aliphatic heterocycles. The molecule has 1 amide bonds. The van der Waals surface area contributed by atoms with Crippen molar-refractivity contribution < 1.29 is 19.1 Å². The molecule has 0 aromatic heterocycles. The summed E-state index contributed by atoms with van der Waals surface area (Å²) in [5.41, 5.74) is 0.290. The third kappa shape index (κ3) is 3.14. The molecule has 0 saturated heterocycles. The normalized spacial score (nSPS) is 22.3. The Morgan fingerprint density at radius 2 is 1.95 bits per heavy atom. The second-order valence-corrected chi connectivity index (χ2v) is 5.90. The molecule has 21 heavy (non-hydrogen) atoms. The Hall–Kier alpha value is -1.33. The maximum absolute atomic E-state index is 13.5. The fourth-order valence-corrected chi connectivity index (χ4v) is 3.14. The van der Waals surface area contributed by atoms with E-state index >= 15 is 0 Å². The van der Waals surface area contributed by atoms with E-state index in [4.69, 9.17) is 28.3 Å². The Morgan fingerprint density at radius 1 is 1.33 bits per heavy atom. The van der Waals surface area contributed by atoms with Crippen molar-refractivity contribution in [3.8, 4) is 0 Å². The highest BCUT2D eigenvalue weighted by Gasteiger charge is 2.41. The molecule has 1 aromatic carbocycles. The van der Waals surface area contributed by atoms with Gasteiger partial charge in [0.25, 0.3) is 0 Å². The number of rotatable bonds is 4. The van der Waals surface area contributed by atoms with Gasteiger partial charge in [0.2, 0.25) is 5.91 Å². The van der Waals surface area contributed by atoms with Crippen LogP contribution in [0.1, 0.15) is 31.4 Å². The first-order valence-electron chi connectivity index (χ1n) is 6.49. The molecule has 3 atom stereocenters. The van der Waals surface area contributed by atoms with Crippen molar-refractivity contribution in [2.75, 3.05) is 0 Å². The van der Waals surface area contributed by atoms with Gasteiger partial charge in [0.1, 0.15) is 5.82 Å². The predicted molar refractivity (Wildman–Crippen MR) is 76.8 cm³/mol. The summed E-state index contributed by atoms with van der Waals surface area (Å²) in [6.07, 6.45) is 1.02. The summed E-state index contributed by atoms with van der Waals surface area (Å²) < 4.78 is 13.5. The van der Waals surface area contributed by atoms with Crippen molar-refractivity contribution in [2.45, 2.75) is 25.8 Å². The summed E-state index contributed by atoms with van der Waals surface area (Å²) in [6.45, 7) is 1.62. The van der Waals surface area contributed by atoms with Gasteiger partial charge < -0.3 is 10.4 Å². The van der Waals surface area contributed by atoms with E-state index < -0.39 is 29.7 Å². The van der Waals surface area contributed by atoms with E-state index in [2.05, 4.69) is 5.32 Å². The third-order valence-corrected chi connectivity index (χ3v) is 4.51. The summed E-state index contributed by atoms with van der Waals surface area (Å²) in [6, 6.07) is 1.91. The van der Waals surface area contributed by atoms with Crippen LogP contribution >= 0.6 is 23.2 Å². The zero-order valence-corrected chi connectivity index (χ0v) is 12.7. The molecule has 114 valence electrons. The van der Waals surface area contributed by atoms with Crippen LogP contribution in [0.4, 0.5) is 4.39 Å². The first kappa shape index (κ1) is 16.0. The Bertz CT molecular complexity index is 594. The van der Waals surface area contributed by atoms with Gasteiger partial charge in [-0.3, -0.25) is 9.59 Å². The first-order chi connectivity index (χ1) is 9.82. The van der Waals surface area contributed by atoms with Crippen LogP contribution < -0.4 is 5.32 Å². The van der Waals surface area contributed by atoms with E-state index in [1.54, 1.807) is 6.92 Å². The molecule has 3 unspecified atom stereocenters. The van der Waals surface area contributed by atoms with E-state index in [0.29, 0.717) is 12.8 Å². The van der Waals surface area contributed by atoms with Crippen LogP contribution in [0, 0.1) is 17.7 Å². The number of amides is 1. The first-order valence-corrected chi connectivity index (χ1v) is 7.25. The van der Waals surface area contributed by atoms with Gasteiger partial charge in [-0.15, -0.1) is 0 Å². The number of hydrogen-bond donors (Lipinski definition) is 2. The molecular weight excluding hydrogens is 320 g/mol. The van der Waals surface area contributed by atoms with Crippen molar-refractivity contribution in [1.29, 1.82) is 0 Å². The lowest BCUT2D eigenvalue weighted by molar-refractivity contribution is -0.152. The number of nitrogens with one attached hydrogen (secondary N) is 1. The molecule has 7 heteroatoms. The molecule has 1 fully saturated rings.